The van der Waals surface area contributed by atoms with Crippen LogP contribution in [-0.2, 0) is 27.3 Å². The molecule has 0 spiro atoms. The van der Waals surface area contributed by atoms with Crippen molar-refractivity contribution in [3.05, 3.63) is 118 Å². The number of nitrogens with zero attached hydrogens (tertiary/aromatic N) is 4. The van der Waals surface area contributed by atoms with Crippen LogP contribution in [0.4, 0.5) is 5.82 Å². The molecule has 0 aliphatic carbocycles. The van der Waals surface area contributed by atoms with E-state index in [1.807, 2.05) is 60.7 Å². The summed E-state index contributed by atoms with van der Waals surface area (Å²) >= 11 is 0. The minimum atomic E-state index is -1.76. The molecular formula is C32H29N5O6. The molecule has 2 amide bonds. The number of benzene rings is 3. The third kappa shape index (κ3) is 4.77. The molecule has 2 aliphatic rings. The lowest BCUT2D eigenvalue weighted by Crippen LogP contribution is -2.57. The molecule has 2 fully saturated rings. The Morgan fingerprint density at radius 2 is 1.58 bits per heavy atom. The number of aryl methyl sites for hydroxylation is 1. The number of rotatable bonds is 9. The second kappa shape index (κ2) is 10.9. The summed E-state index contributed by atoms with van der Waals surface area (Å²) in [7, 11) is 0. The number of aliphatic carboxylic acids is 1. The van der Waals surface area contributed by atoms with Crippen molar-refractivity contribution in [1.82, 2.24) is 19.8 Å². The second-order valence-electron chi connectivity index (χ2n) is 11.0. The second-order valence-corrected chi connectivity index (χ2v) is 11.0. The molecule has 0 radical (unpaired) electrons. The van der Waals surface area contributed by atoms with Gasteiger partial charge in [-0.25, -0.2) is 9.55 Å². The highest BCUT2D eigenvalue weighted by atomic mass is 16.6. The highest BCUT2D eigenvalue weighted by Crippen LogP contribution is 2.50. The SMILES string of the molecule is Cc1ncc([N+](=O)[O-])n1CCN1C(=O)C2C(c3ccc(-c4ccccc4)cc3)NC(Cc3ccccc3)(C(=O)O)C2C1=O. The van der Waals surface area contributed by atoms with Gasteiger partial charge >= 0.3 is 11.8 Å². The Bertz CT molecular complexity index is 1710. The molecule has 4 atom stereocenters. The van der Waals surface area contributed by atoms with Crippen LogP contribution < -0.4 is 5.32 Å². The molecule has 4 unspecified atom stereocenters. The number of imidazole rings is 1. The Labute approximate surface area is 246 Å². The Morgan fingerprint density at radius 1 is 0.953 bits per heavy atom. The maximum absolute atomic E-state index is 14.0. The van der Waals surface area contributed by atoms with Crippen LogP contribution in [0.25, 0.3) is 11.1 Å². The number of nitro groups is 1. The van der Waals surface area contributed by atoms with Crippen LogP contribution in [0.2, 0.25) is 0 Å². The van der Waals surface area contributed by atoms with E-state index in [0.717, 1.165) is 22.2 Å². The molecule has 3 aromatic carbocycles. The molecule has 11 nitrogen and oxygen atoms in total. The van der Waals surface area contributed by atoms with Crippen LogP contribution in [0.5, 0.6) is 0 Å². The van der Waals surface area contributed by atoms with Crippen molar-refractivity contribution in [2.75, 3.05) is 6.54 Å². The fourth-order valence-corrected chi connectivity index (χ4v) is 6.51. The predicted octanol–water partition coefficient (Wildman–Crippen LogP) is 3.78. The highest BCUT2D eigenvalue weighted by molar-refractivity contribution is 6.09. The predicted molar refractivity (Wildman–Crippen MR) is 156 cm³/mol. The average Bonchev–Trinajstić information content (AvgIpc) is 3.64. The van der Waals surface area contributed by atoms with Crippen molar-refractivity contribution in [3.8, 4) is 11.1 Å². The molecule has 2 N–H and O–H groups in total. The Kier molecular flexibility index (Phi) is 7.10. The van der Waals surface area contributed by atoms with E-state index in [1.54, 1.807) is 31.2 Å². The number of imide groups is 1. The number of aromatic nitrogens is 2. The van der Waals surface area contributed by atoms with E-state index in [4.69, 9.17) is 0 Å². The third-order valence-corrected chi connectivity index (χ3v) is 8.60. The van der Waals surface area contributed by atoms with Gasteiger partial charge in [0.15, 0.2) is 5.82 Å². The fraction of sp³-hybridized carbons (Fsp3) is 0.250. The first-order valence-corrected chi connectivity index (χ1v) is 13.9. The normalized spacial score (nSPS) is 23.0. The molecule has 218 valence electrons. The van der Waals surface area contributed by atoms with E-state index in [-0.39, 0.29) is 25.3 Å². The van der Waals surface area contributed by atoms with Gasteiger partial charge in [0, 0.05) is 19.4 Å². The van der Waals surface area contributed by atoms with E-state index < -0.39 is 46.1 Å². The van der Waals surface area contributed by atoms with E-state index in [9.17, 15) is 29.6 Å². The van der Waals surface area contributed by atoms with Crippen LogP contribution in [0.1, 0.15) is 23.0 Å². The Balaban J connectivity index is 1.38. The molecule has 43 heavy (non-hydrogen) atoms. The van der Waals surface area contributed by atoms with Crippen LogP contribution in [0, 0.1) is 28.9 Å². The molecule has 3 heterocycles. The molecule has 1 aromatic heterocycles. The molecule has 2 saturated heterocycles. The van der Waals surface area contributed by atoms with Crippen LogP contribution in [0.3, 0.4) is 0 Å². The molecule has 2 aliphatic heterocycles. The maximum Gasteiger partial charge on any atom is 0.342 e. The van der Waals surface area contributed by atoms with Crippen LogP contribution in [0.15, 0.2) is 91.1 Å². The molecule has 11 heteroatoms. The average molecular weight is 580 g/mol. The molecule has 4 aromatic rings. The highest BCUT2D eigenvalue weighted by Gasteiger charge is 2.68. The van der Waals surface area contributed by atoms with E-state index in [2.05, 4.69) is 10.3 Å². The Morgan fingerprint density at radius 3 is 2.21 bits per heavy atom. The van der Waals surface area contributed by atoms with Gasteiger partial charge in [-0.2, -0.15) is 0 Å². The monoisotopic (exact) mass is 579 g/mol. The lowest BCUT2D eigenvalue weighted by atomic mass is 9.76. The minimum absolute atomic E-state index is 0.0120. The number of nitrogens with one attached hydrogen (secondary N) is 1. The largest absolute Gasteiger partial charge is 0.480 e. The lowest BCUT2D eigenvalue weighted by molar-refractivity contribution is -0.392. The smallest absolute Gasteiger partial charge is 0.342 e. The number of carboxylic acid groups (broad SMARTS) is 1. The molecular weight excluding hydrogens is 550 g/mol. The summed E-state index contributed by atoms with van der Waals surface area (Å²) in [5.41, 5.74) is 1.61. The molecule has 6 rings (SSSR count). The summed E-state index contributed by atoms with van der Waals surface area (Å²) in [4.78, 5) is 57.1. The van der Waals surface area contributed by atoms with E-state index >= 15 is 0 Å². The first-order valence-electron chi connectivity index (χ1n) is 13.9. The van der Waals surface area contributed by atoms with Crippen molar-refractivity contribution >= 4 is 23.6 Å². The summed E-state index contributed by atoms with van der Waals surface area (Å²) in [5.74, 6) is -4.38. The number of carbonyl (C=O) groups excluding carboxylic acids is 2. The fourth-order valence-electron chi connectivity index (χ4n) is 6.51. The van der Waals surface area contributed by atoms with Crippen molar-refractivity contribution < 1.29 is 24.4 Å². The zero-order valence-electron chi connectivity index (χ0n) is 23.3. The van der Waals surface area contributed by atoms with Crippen molar-refractivity contribution in [3.63, 3.8) is 0 Å². The molecule has 0 saturated carbocycles. The third-order valence-electron chi connectivity index (χ3n) is 8.60. The number of hydrogen-bond acceptors (Lipinski definition) is 7. The summed E-state index contributed by atoms with van der Waals surface area (Å²) in [6.45, 7) is 1.41. The maximum atomic E-state index is 14.0. The van der Waals surface area contributed by atoms with Gasteiger partial charge in [-0.3, -0.25) is 24.6 Å². The summed E-state index contributed by atoms with van der Waals surface area (Å²) in [6.07, 6.45) is 1.12. The number of likely N-dealkylation sites (tertiary alicyclic amines) is 1. The van der Waals surface area contributed by atoms with Crippen LogP contribution in [-0.4, -0.2) is 54.3 Å². The summed E-state index contributed by atoms with van der Waals surface area (Å²) in [5, 5.41) is 25.4. The van der Waals surface area contributed by atoms with Crippen LogP contribution >= 0.6 is 0 Å². The van der Waals surface area contributed by atoms with Gasteiger partial charge in [-0.05, 0) is 27.2 Å². The van der Waals surface area contributed by atoms with Crippen molar-refractivity contribution in [2.45, 2.75) is 31.5 Å². The summed E-state index contributed by atoms with van der Waals surface area (Å²) < 4.78 is 1.33. The molecule has 0 bridgehead atoms. The van der Waals surface area contributed by atoms with Gasteiger partial charge in [0.1, 0.15) is 18.3 Å². The summed E-state index contributed by atoms with van der Waals surface area (Å²) in [6, 6.07) is 25.6. The zero-order chi connectivity index (χ0) is 30.3. The lowest BCUT2D eigenvalue weighted by Gasteiger charge is -2.31. The first-order chi connectivity index (χ1) is 20.7. The number of carbonyl (C=O) groups is 3. The zero-order valence-corrected chi connectivity index (χ0v) is 23.3. The quantitative estimate of drug-likeness (QED) is 0.173. The number of amides is 2. The topological polar surface area (TPSA) is 148 Å². The van der Waals surface area contributed by atoms with E-state index in [0.29, 0.717) is 17.0 Å². The Hall–Kier alpha value is -5.16. The number of carboxylic acids is 1. The van der Waals surface area contributed by atoms with Crippen molar-refractivity contribution in [2.24, 2.45) is 11.8 Å². The standard InChI is InChI=1S/C32H29N5O6/c1-20-33-19-25(37(42)43)35(20)16-17-36-29(38)26-27(30(36)39)32(31(40)41,18-21-8-4-2-5-9-21)34-28(26)24-14-12-23(13-15-24)22-10-6-3-7-11-22/h2-15,19,26-28,34H,16-18H2,1H3,(H,40,41). The van der Waals surface area contributed by atoms with Gasteiger partial charge < -0.3 is 15.2 Å². The van der Waals surface area contributed by atoms with E-state index in [1.165, 1.54) is 4.57 Å². The number of fused-ring (bicyclic) bond motifs is 1. The van der Waals surface area contributed by atoms with Gasteiger partial charge in [0.05, 0.1) is 18.4 Å². The van der Waals surface area contributed by atoms with Gasteiger partial charge in [0.2, 0.25) is 11.8 Å². The van der Waals surface area contributed by atoms with Gasteiger partial charge in [0.25, 0.3) is 0 Å². The number of hydrogen-bond donors (Lipinski definition) is 2. The first kappa shape index (κ1) is 28.0. The van der Waals surface area contributed by atoms with Gasteiger partial charge in [-0.15, -0.1) is 0 Å². The van der Waals surface area contributed by atoms with Gasteiger partial charge in [-0.1, -0.05) is 84.9 Å². The minimum Gasteiger partial charge on any atom is -0.480 e. The van der Waals surface area contributed by atoms with Crippen molar-refractivity contribution in [1.29, 1.82) is 0 Å².